The van der Waals surface area contributed by atoms with E-state index in [0.29, 0.717) is 11.1 Å². The molecule has 1 aliphatic rings. The third kappa shape index (κ3) is 2.58. The molecule has 1 aliphatic carbocycles. The number of allylic oxidation sites excluding steroid dienone is 4. The van der Waals surface area contributed by atoms with Crippen molar-refractivity contribution >= 4 is 98.0 Å². The second kappa shape index (κ2) is 5.82. The normalized spacial score (nSPS) is 22.7. The van der Waals surface area contributed by atoms with E-state index in [-0.39, 0.29) is 38.3 Å². The Morgan fingerprint density at radius 1 is 0.667 bits per heavy atom. The van der Waals surface area contributed by atoms with Gasteiger partial charge < -0.3 is 0 Å². The minimum Gasteiger partial charge on any atom is -0.130 e. The summed E-state index contributed by atoms with van der Waals surface area (Å²) in [6.45, 7) is 0. The van der Waals surface area contributed by atoms with Gasteiger partial charge in [0.2, 0.25) is 0 Å². The highest BCUT2D eigenvalue weighted by Gasteiger charge is 2.26. The summed E-state index contributed by atoms with van der Waals surface area (Å²) in [5.74, 6) is -1.40. The minimum absolute atomic E-state index is 0.171. The van der Waals surface area contributed by atoms with Crippen LogP contribution in [0.25, 0.3) is 5.57 Å². The molecule has 0 aromatic heterocycles. The van der Waals surface area contributed by atoms with E-state index in [4.69, 9.17) is 70.6 Å². The Bertz CT molecular complexity index is 648. The van der Waals surface area contributed by atoms with Crippen molar-refractivity contribution < 1.29 is 0 Å². The monoisotopic (exact) mass is 246 g/mol. The molecular formula is C12H3B9. The van der Waals surface area contributed by atoms with Crippen molar-refractivity contribution in [3.63, 3.8) is 0 Å². The molecule has 2 unspecified atom stereocenters. The van der Waals surface area contributed by atoms with Gasteiger partial charge in [0, 0.05) is 0 Å². The van der Waals surface area contributed by atoms with Crippen LogP contribution in [0.4, 0.5) is 0 Å². The van der Waals surface area contributed by atoms with E-state index in [1.165, 1.54) is 6.07 Å². The SMILES string of the molecule is [B]C1=C([B])C([B])C([B])C([B])=C1c1c([B])c([B])cc([B])c1[B]. The lowest BCUT2D eigenvalue weighted by molar-refractivity contribution is 0.984. The summed E-state index contributed by atoms with van der Waals surface area (Å²) in [4.78, 5) is 0. The second-order valence-electron chi connectivity index (χ2n) is 5.01. The standard InChI is InChI=1S/C12H3B9/c13-2-1-3(14)7(16)4(6(2)15)5-8(17)10(19)12(21)11(20)9(5)18/h1,10,12H. The fourth-order valence-corrected chi connectivity index (χ4v) is 2.34. The molecule has 0 heterocycles. The van der Waals surface area contributed by atoms with E-state index >= 15 is 0 Å². The highest BCUT2D eigenvalue weighted by atomic mass is 14.2. The van der Waals surface area contributed by atoms with E-state index in [2.05, 4.69) is 0 Å². The van der Waals surface area contributed by atoms with Gasteiger partial charge >= 0.3 is 0 Å². The van der Waals surface area contributed by atoms with Crippen molar-refractivity contribution in [1.29, 1.82) is 0 Å². The zero-order chi connectivity index (χ0) is 16.1. The highest BCUT2D eigenvalue weighted by molar-refractivity contribution is 6.59. The average Bonchev–Trinajstić information content (AvgIpc) is 2.44. The predicted octanol–water partition coefficient (Wildman–Crippen LogP) is -3.78. The summed E-state index contributed by atoms with van der Waals surface area (Å²) in [5.41, 5.74) is 2.20. The van der Waals surface area contributed by atoms with E-state index in [1.807, 2.05) is 0 Å². The van der Waals surface area contributed by atoms with Crippen LogP contribution in [-0.2, 0) is 0 Å². The Labute approximate surface area is 138 Å². The van der Waals surface area contributed by atoms with Gasteiger partial charge in [0.1, 0.15) is 54.9 Å². The zero-order valence-corrected chi connectivity index (χ0v) is 11.4. The summed E-state index contributed by atoms with van der Waals surface area (Å²) in [5, 5.41) is 0. The van der Waals surface area contributed by atoms with E-state index in [1.54, 1.807) is 0 Å². The van der Waals surface area contributed by atoms with Crippen LogP contribution in [0, 0.1) is 0 Å². The van der Waals surface area contributed by atoms with Gasteiger partial charge in [-0.2, -0.15) is 0 Å². The van der Waals surface area contributed by atoms with E-state index < -0.39 is 11.6 Å². The van der Waals surface area contributed by atoms with Crippen LogP contribution in [0.2, 0.25) is 11.6 Å². The van der Waals surface area contributed by atoms with Crippen molar-refractivity contribution in [2.24, 2.45) is 0 Å². The molecule has 0 nitrogen and oxygen atoms in total. The fraction of sp³-hybridized carbons (Fsp3) is 0.167. The van der Waals surface area contributed by atoms with Gasteiger partial charge in [-0.1, -0.05) is 28.6 Å². The highest BCUT2D eigenvalue weighted by Crippen LogP contribution is 2.42. The summed E-state index contributed by atoms with van der Waals surface area (Å²) < 4.78 is 0. The molecule has 0 saturated carbocycles. The molecule has 0 aliphatic heterocycles. The Morgan fingerprint density at radius 3 is 1.57 bits per heavy atom. The Kier molecular flexibility index (Phi) is 4.61. The molecule has 0 N–H and O–H groups in total. The zero-order valence-electron chi connectivity index (χ0n) is 11.4. The number of hydrogen-bond acceptors (Lipinski definition) is 0. The van der Waals surface area contributed by atoms with Gasteiger partial charge in [0.15, 0.2) is 0 Å². The summed E-state index contributed by atoms with van der Waals surface area (Å²) in [6, 6.07) is 1.46. The Balaban J connectivity index is 2.84. The lowest BCUT2D eigenvalue weighted by atomic mass is 9.46. The average molecular weight is 244 g/mol. The predicted molar refractivity (Wildman–Crippen MR) is 98.2 cm³/mol. The quantitative estimate of drug-likeness (QED) is 0.445. The lowest BCUT2D eigenvalue weighted by Crippen LogP contribution is -2.44. The van der Waals surface area contributed by atoms with Crippen molar-refractivity contribution in [3.05, 3.63) is 28.0 Å². The maximum Gasteiger partial charge on any atom is 0.113 e. The van der Waals surface area contributed by atoms with Gasteiger partial charge in [0.25, 0.3) is 0 Å². The molecule has 2 rings (SSSR count). The molecule has 0 amide bonds. The topological polar surface area (TPSA) is 0 Å². The van der Waals surface area contributed by atoms with E-state index in [0.717, 1.165) is 0 Å². The molecule has 1 aromatic rings. The van der Waals surface area contributed by atoms with Crippen LogP contribution in [-0.4, -0.2) is 70.6 Å². The third-order valence-corrected chi connectivity index (χ3v) is 3.70. The van der Waals surface area contributed by atoms with Crippen molar-refractivity contribution in [2.75, 3.05) is 0 Å². The number of rotatable bonds is 1. The van der Waals surface area contributed by atoms with Crippen LogP contribution >= 0.6 is 0 Å². The molecule has 9 heteroatoms. The molecule has 18 radical (unpaired) electrons. The summed E-state index contributed by atoms with van der Waals surface area (Å²) in [6.07, 6.45) is 0. The van der Waals surface area contributed by atoms with Gasteiger partial charge in [-0.05, 0) is 11.1 Å². The molecule has 0 bridgehead atoms. The van der Waals surface area contributed by atoms with Crippen LogP contribution in [0.5, 0.6) is 0 Å². The third-order valence-electron chi connectivity index (χ3n) is 3.70. The molecule has 2 atom stereocenters. The first-order valence-corrected chi connectivity index (χ1v) is 6.18. The van der Waals surface area contributed by atoms with Crippen LogP contribution in [0.3, 0.4) is 0 Å². The van der Waals surface area contributed by atoms with Crippen molar-refractivity contribution in [2.45, 2.75) is 11.6 Å². The van der Waals surface area contributed by atoms with Crippen LogP contribution in [0.1, 0.15) is 5.56 Å². The lowest BCUT2D eigenvalue weighted by Gasteiger charge is -2.36. The maximum absolute atomic E-state index is 6.05. The van der Waals surface area contributed by atoms with Crippen molar-refractivity contribution in [1.82, 2.24) is 0 Å². The molecule has 21 heavy (non-hydrogen) atoms. The Hall–Kier alpha value is -0.716. The smallest absolute Gasteiger partial charge is 0.113 e. The van der Waals surface area contributed by atoms with E-state index in [9.17, 15) is 0 Å². The van der Waals surface area contributed by atoms with Gasteiger partial charge in [-0.15, -0.1) is 27.3 Å². The van der Waals surface area contributed by atoms with Crippen molar-refractivity contribution in [3.8, 4) is 0 Å². The number of hydrogen-bond donors (Lipinski definition) is 0. The van der Waals surface area contributed by atoms with Gasteiger partial charge in [0.05, 0.1) is 15.7 Å². The second-order valence-corrected chi connectivity index (χ2v) is 5.01. The molecule has 0 fully saturated rings. The molecule has 0 saturated heterocycles. The first-order chi connectivity index (χ1) is 9.68. The molecule has 78 valence electrons. The summed E-state index contributed by atoms with van der Waals surface area (Å²) in [7, 11) is 53.4. The summed E-state index contributed by atoms with van der Waals surface area (Å²) >= 11 is 0. The molecule has 0 spiro atoms. The maximum atomic E-state index is 6.05. The van der Waals surface area contributed by atoms with Gasteiger partial charge in [-0.3, -0.25) is 0 Å². The first kappa shape index (κ1) is 16.7. The largest absolute Gasteiger partial charge is 0.130 e. The molecular weight excluding hydrogens is 241 g/mol. The Morgan fingerprint density at radius 2 is 1.10 bits per heavy atom. The minimum atomic E-state index is -0.714. The van der Waals surface area contributed by atoms with Gasteiger partial charge in [-0.25, -0.2) is 0 Å². The van der Waals surface area contributed by atoms with Crippen LogP contribution in [0.15, 0.2) is 22.5 Å². The first-order valence-electron chi connectivity index (χ1n) is 6.18. The van der Waals surface area contributed by atoms with Crippen LogP contribution < -0.4 is 21.9 Å². The fourth-order valence-electron chi connectivity index (χ4n) is 2.34. The number of benzene rings is 1. The molecule has 1 aromatic carbocycles.